The molecule has 0 fully saturated rings. The van der Waals surface area contributed by atoms with Crippen LogP contribution in [0.2, 0.25) is 0 Å². The minimum atomic E-state index is 0.00144. The first-order valence-corrected chi connectivity index (χ1v) is 6.46. The highest BCUT2D eigenvalue weighted by molar-refractivity contribution is 7.80. The fourth-order valence-corrected chi connectivity index (χ4v) is 1.70. The van der Waals surface area contributed by atoms with E-state index in [0.29, 0.717) is 29.4 Å². The molecule has 0 heterocycles. The van der Waals surface area contributed by atoms with Gasteiger partial charge in [-0.25, -0.2) is 0 Å². The van der Waals surface area contributed by atoms with Gasteiger partial charge in [0, 0.05) is 25.6 Å². The number of hydrogen-bond acceptors (Lipinski definition) is 2. The van der Waals surface area contributed by atoms with Crippen molar-refractivity contribution in [3.8, 4) is 0 Å². The first-order chi connectivity index (χ1) is 8.41. The summed E-state index contributed by atoms with van der Waals surface area (Å²) in [7, 11) is 1.76. The van der Waals surface area contributed by atoms with Crippen molar-refractivity contribution >= 4 is 23.1 Å². The summed E-state index contributed by atoms with van der Waals surface area (Å²) in [4.78, 5) is 14.2. The van der Waals surface area contributed by atoms with Gasteiger partial charge in [-0.05, 0) is 23.6 Å². The lowest BCUT2D eigenvalue weighted by molar-refractivity contribution is 0.0799. The average molecular weight is 264 g/mol. The standard InChI is InChI=1S/C14H20N2OS/c1-10(2)11-4-6-12(7-5-11)14(17)16(3)9-8-13(15)18/h4-7,10H,8-9H2,1-3H3,(H2,15,18). The van der Waals surface area contributed by atoms with Gasteiger partial charge in [-0.3, -0.25) is 4.79 Å². The Morgan fingerprint density at radius 2 is 1.89 bits per heavy atom. The Balaban J connectivity index is 2.68. The van der Waals surface area contributed by atoms with Crippen LogP contribution < -0.4 is 5.73 Å². The predicted molar refractivity (Wildman–Crippen MR) is 78.9 cm³/mol. The summed E-state index contributed by atoms with van der Waals surface area (Å²) < 4.78 is 0. The van der Waals surface area contributed by atoms with E-state index in [1.54, 1.807) is 11.9 Å². The van der Waals surface area contributed by atoms with E-state index < -0.39 is 0 Å². The van der Waals surface area contributed by atoms with Crippen LogP contribution in [0, 0.1) is 0 Å². The number of nitrogens with two attached hydrogens (primary N) is 1. The third kappa shape index (κ3) is 4.11. The zero-order chi connectivity index (χ0) is 13.7. The summed E-state index contributed by atoms with van der Waals surface area (Å²) in [6, 6.07) is 7.74. The van der Waals surface area contributed by atoms with Gasteiger partial charge in [0.25, 0.3) is 5.91 Å². The van der Waals surface area contributed by atoms with E-state index in [1.807, 2.05) is 24.3 Å². The zero-order valence-electron chi connectivity index (χ0n) is 11.1. The van der Waals surface area contributed by atoms with Gasteiger partial charge in [-0.15, -0.1) is 0 Å². The lowest BCUT2D eigenvalue weighted by atomic mass is 10.0. The summed E-state index contributed by atoms with van der Waals surface area (Å²) in [5.41, 5.74) is 7.36. The Labute approximate surface area is 114 Å². The van der Waals surface area contributed by atoms with Gasteiger partial charge in [-0.2, -0.15) is 0 Å². The molecular weight excluding hydrogens is 244 g/mol. The van der Waals surface area contributed by atoms with Gasteiger partial charge in [0.05, 0.1) is 4.99 Å². The summed E-state index contributed by atoms with van der Waals surface area (Å²) in [5.74, 6) is 0.475. The lowest BCUT2D eigenvalue weighted by Gasteiger charge is -2.17. The summed E-state index contributed by atoms with van der Waals surface area (Å²) >= 11 is 4.80. The van der Waals surface area contributed by atoms with Crippen molar-refractivity contribution in [2.45, 2.75) is 26.2 Å². The average Bonchev–Trinajstić information content (AvgIpc) is 2.35. The molecule has 98 valence electrons. The largest absolute Gasteiger partial charge is 0.393 e. The van der Waals surface area contributed by atoms with E-state index in [1.165, 1.54) is 5.56 Å². The van der Waals surface area contributed by atoms with Crippen molar-refractivity contribution < 1.29 is 4.79 Å². The maximum atomic E-state index is 12.1. The van der Waals surface area contributed by atoms with Crippen LogP contribution in [0.25, 0.3) is 0 Å². The number of nitrogens with zero attached hydrogens (tertiary/aromatic N) is 1. The van der Waals surface area contributed by atoms with E-state index in [9.17, 15) is 4.79 Å². The van der Waals surface area contributed by atoms with Crippen LogP contribution in [0.15, 0.2) is 24.3 Å². The molecule has 2 N–H and O–H groups in total. The second kappa shape index (κ2) is 6.50. The number of hydrogen-bond donors (Lipinski definition) is 1. The third-order valence-electron chi connectivity index (χ3n) is 2.86. The molecule has 4 heteroatoms. The smallest absolute Gasteiger partial charge is 0.253 e. The highest BCUT2D eigenvalue weighted by Crippen LogP contribution is 2.15. The van der Waals surface area contributed by atoms with Crippen molar-refractivity contribution in [2.24, 2.45) is 5.73 Å². The second-order valence-corrected chi connectivity index (χ2v) is 5.24. The molecule has 0 aliphatic heterocycles. The van der Waals surface area contributed by atoms with Gasteiger partial charge < -0.3 is 10.6 Å². The molecule has 0 radical (unpaired) electrons. The first-order valence-electron chi connectivity index (χ1n) is 6.05. The molecule has 18 heavy (non-hydrogen) atoms. The molecule has 0 atom stereocenters. The number of rotatable bonds is 5. The molecule has 3 nitrogen and oxygen atoms in total. The molecule has 0 aliphatic rings. The molecule has 1 amide bonds. The van der Waals surface area contributed by atoms with Crippen LogP contribution in [0.4, 0.5) is 0 Å². The van der Waals surface area contributed by atoms with Gasteiger partial charge in [0.1, 0.15) is 0 Å². The second-order valence-electron chi connectivity index (χ2n) is 4.72. The maximum Gasteiger partial charge on any atom is 0.253 e. The topological polar surface area (TPSA) is 46.3 Å². The van der Waals surface area contributed by atoms with Crippen LogP contribution in [-0.4, -0.2) is 29.4 Å². The predicted octanol–water partition coefficient (Wildman–Crippen LogP) is 2.56. The molecule has 0 spiro atoms. The summed E-state index contributed by atoms with van der Waals surface area (Å²) in [6.45, 7) is 4.82. The molecule has 1 aromatic carbocycles. The van der Waals surface area contributed by atoms with Crippen LogP contribution >= 0.6 is 12.2 Å². The quantitative estimate of drug-likeness (QED) is 0.831. The molecule has 0 bridgehead atoms. The fourth-order valence-electron chi connectivity index (χ4n) is 1.61. The van der Waals surface area contributed by atoms with E-state index in [4.69, 9.17) is 18.0 Å². The van der Waals surface area contributed by atoms with E-state index in [-0.39, 0.29) is 5.91 Å². The molecule has 0 unspecified atom stereocenters. The van der Waals surface area contributed by atoms with Crippen molar-refractivity contribution in [2.75, 3.05) is 13.6 Å². The van der Waals surface area contributed by atoms with E-state index >= 15 is 0 Å². The lowest BCUT2D eigenvalue weighted by Crippen LogP contribution is -2.30. The van der Waals surface area contributed by atoms with Crippen molar-refractivity contribution in [3.05, 3.63) is 35.4 Å². The molecule has 0 aliphatic carbocycles. The number of carbonyl (C=O) groups is 1. The minimum absolute atomic E-state index is 0.00144. The van der Waals surface area contributed by atoms with Gasteiger partial charge in [-0.1, -0.05) is 38.2 Å². The number of thiocarbonyl (C=S) groups is 1. The van der Waals surface area contributed by atoms with Crippen LogP contribution in [-0.2, 0) is 0 Å². The van der Waals surface area contributed by atoms with Crippen LogP contribution in [0.5, 0.6) is 0 Å². The van der Waals surface area contributed by atoms with Crippen molar-refractivity contribution in [1.29, 1.82) is 0 Å². The minimum Gasteiger partial charge on any atom is -0.393 e. The maximum absolute atomic E-state index is 12.1. The number of amides is 1. The molecule has 0 saturated heterocycles. The van der Waals surface area contributed by atoms with Gasteiger partial charge in [0.2, 0.25) is 0 Å². The Morgan fingerprint density at radius 1 is 1.33 bits per heavy atom. The van der Waals surface area contributed by atoms with Crippen LogP contribution in [0.1, 0.15) is 42.1 Å². The van der Waals surface area contributed by atoms with Gasteiger partial charge in [0.15, 0.2) is 0 Å². The molecule has 1 rings (SSSR count). The third-order valence-corrected chi connectivity index (χ3v) is 3.07. The highest BCUT2D eigenvalue weighted by atomic mass is 32.1. The Kier molecular flexibility index (Phi) is 5.28. The van der Waals surface area contributed by atoms with E-state index in [2.05, 4.69) is 13.8 Å². The highest BCUT2D eigenvalue weighted by Gasteiger charge is 2.11. The number of carbonyl (C=O) groups excluding carboxylic acids is 1. The van der Waals surface area contributed by atoms with Crippen LogP contribution in [0.3, 0.4) is 0 Å². The Hall–Kier alpha value is -1.42. The van der Waals surface area contributed by atoms with Crippen molar-refractivity contribution in [3.63, 3.8) is 0 Å². The zero-order valence-corrected chi connectivity index (χ0v) is 12.0. The Morgan fingerprint density at radius 3 is 2.33 bits per heavy atom. The molecule has 1 aromatic rings. The van der Waals surface area contributed by atoms with Crippen molar-refractivity contribution in [1.82, 2.24) is 4.90 Å². The fraction of sp³-hybridized carbons (Fsp3) is 0.429. The molecular formula is C14H20N2OS. The molecule has 0 aromatic heterocycles. The van der Waals surface area contributed by atoms with Gasteiger partial charge >= 0.3 is 0 Å². The van der Waals surface area contributed by atoms with E-state index in [0.717, 1.165) is 0 Å². The number of benzene rings is 1. The normalized spacial score (nSPS) is 10.4. The SMILES string of the molecule is CC(C)c1ccc(C(=O)N(C)CCC(N)=S)cc1. The summed E-state index contributed by atoms with van der Waals surface area (Å²) in [5, 5.41) is 0. The molecule has 0 saturated carbocycles. The first kappa shape index (κ1) is 14.6. The monoisotopic (exact) mass is 264 g/mol. The summed E-state index contributed by atoms with van der Waals surface area (Å²) in [6.07, 6.45) is 0.557. The Bertz CT molecular complexity index is 426.